The first-order valence-electron chi connectivity index (χ1n) is 20.9. The van der Waals surface area contributed by atoms with Crippen molar-refractivity contribution in [3.63, 3.8) is 0 Å². The zero-order valence-corrected chi connectivity index (χ0v) is 35.1. The maximum absolute atomic E-state index is 4.07. The molecule has 296 valence electrons. The van der Waals surface area contributed by atoms with Crippen molar-refractivity contribution in [2.75, 3.05) is 4.90 Å². The Labute approximate surface area is 357 Å². The van der Waals surface area contributed by atoms with E-state index in [1.165, 1.54) is 44.6 Å². The van der Waals surface area contributed by atoms with Gasteiger partial charge in [-0.25, -0.2) is 0 Å². The van der Waals surface area contributed by atoms with Crippen LogP contribution in [0.5, 0.6) is 0 Å². The van der Waals surface area contributed by atoms with Gasteiger partial charge in [-0.1, -0.05) is 177 Å². The number of rotatable bonds is 15. The summed E-state index contributed by atoms with van der Waals surface area (Å²) >= 11 is 0. The molecule has 0 aliphatic heterocycles. The maximum Gasteiger partial charge on any atom is 0.0540 e. The lowest BCUT2D eigenvalue weighted by atomic mass is 9.96. The molecule has 0 saturated heterocycles. The van der Waals surface area contributed by atoms with Crippen LogP contribution in [0.2, 0.25) is 0 Å². The summed E-state index contributed by atoms with van der Waals surface area (Å²) in [7, 11) is 0. The second-order valence-electron chi connectivity index (χ2n) is 14.8. The Morgan fingerprint density at radius 3 is 2.10 bits per heavy atom. The van der Waals surface area contributed by atoms with Gasteiger partial charge in [0.2, 0.25) is 0 Å². The van der Waals surface area contributed by atoms with Crippen molar-refractivity contribution >= 4 is 34.1 Å². The number of allylic oxidation sites excluding steroid dienone is 16. The lowest BCUT2D eigenvalue weighted by Crippen LogP contribution is -2.15. The van der Waals surface area contributed by atoms with Gasteiger partial charge in [0, 0.05) is 45.8 Å². The lowest BCUT2D eigenvalue weighted by molar-refractivity contribution is 1.03. The van der Waals surface area contributed by atoms with E-state index in [0.717, 1.165) is 58.5 Å². The van der Waals surface area contributed by atoms with E-state index < -0.39 is 0 Å². The summed E-state index contributed by atoms with van der Waals surface area (Å²) in [5.41, 5.74) is 16.2. The summed E-state index contributed by atoms with van der Waals surface area (Å²) in [5, 5.41) is 1.20. The van der Waals surface area contributed by atoms with Gasteiger partial charge in [-0.15, -0.1) is 0 Å². The van der Waals surface area contributed by atoms with Crippen LogP contribution >= 0.6 is 0 Å². The predicted molar refractivity (Wildman–Crippen MR) is 263 cm³/mol. The molecule has 2 nitrogen and oxygen atoms in total. The Morgan fingerprint density at radius 1 is 0.717 bits per heavy atom. The van der Waals surface area contributed by atoms with Crippen LogP contribution in [0.3, 0.4) is 0 Å². The van der Waals surface area contributed by atoms with Crippen molar-refractivity contribution in [3.05, 3.63) is 242 Å². The van der Waals surface area contributed by atoms with E-state index in [1.807, 2.05) is 18.2 Å². The number of nitrogens with zero attached hydrogens (tertiary/aromatic N) is 2. The fourth-order valence-corrected chi connectivity index (χ4v) is 8.06. The molecular formula is C58H54N2. The Balaban J connectivity index is 1.44. The average molecular weight is 779 g/mol. The molecule has 6 aromatic rings. The zero-order chi connectivity index (χ0) is 41.7. The highest BCUT2D eigenvalue weighted by molar-refractivity contribution is 6.04. The normalized spacial score (nSPS) is 13.4. The van der Waals surface area contributed by atoms with E-state index in [2.05, 4.69) is 238 Å². The van der Waals surface area contributed by atoms with Gasteiger partial charge in [-0.3, -0.25) is 0 Å². The molecule has 0 spiro atoms. The second kappa shape index (κ2) is 20.0. The van der Waals surface area contributed by atoms with E-state index in [4.69, 9.17) is 0 Å². The number of fused-ring (bicyclic) bond motifs is 1. The molecule has 0 bridgehead atoms. The van der Waals surface area contributed by atoms with Gasteiger partial charge < -0.3 is 9.47 Å². The van der Waals surface area contributed by atoms with Crippen molar-refractivity contribution in [1.82, 2.24) is 4.57 Å². The summed E-state index contributed by atoms with van der Waals surface area (Å²) in [6.45, 7) is 14.5. The highest BCUT2D eigenvalue weighted by atomic mass is 15.1. The van der Waals surface area contributed by atoms with Crippen molar-refractivity contribution in [3.8, 4) is 33.4 Å². The number of hydrogen-bond donors (Lipinski definition) is 0. The number of aromatic nitrogens is 1. The summed E-state index contributed by atoms with van der Waals surface area (Å²) < 4.78 is 2.39. The van der Waals surface area contributed by atoms with Crippen molar-refractivity contribution < 1.29 is 0 Å². The third-order valence-corrected chi connectivity index (χ3v) is 10.9. The van der Waals surface area contributed by atoms with Gasteiger partial charge in [0.1, 0.15) is 0 Å². The molecule has 0 saturated carbocycles. The molecule has 0 amide bonds. The maximum atomic E-state index is 4.07. The smallest absolute Gasteiger partial charge is 0.0540 e. The monoisotopic (exact) mass is 778 g/mol. The predicted octanol–water partition coefficient (Wildman–Crippen LogP) is 16.6. The molecule has 7 rings (SSSR count). The molecule has 0 fully saturated rings. The summed E-state index contributed by atoms with van der Waals surface area (Å²) in [4.78, 5) is 2.41. The van der Waals surface area contributed by atoms with Crippen LogP contribution in [-0.4, -0.2) is 4.57 Å². The highest BCUT2D eigenvalue weighted by Crippen LogP contribution is 2.42. The number of benzene rings is 5. The third kappa shape index (κ3) is 9.25. The zero-order valence-electron chi connectivity index (χ0n) is 35.1. The molecule has 0 atom stereocenters. The van der Waals surface area contributed by atoms with Gasteiger partial charge in [0.25, 0.3) is 0 Å². The Bertz CT molecular complexity index is 2660. The second-order valence-corrected chi connectivity index (χ2v) is 14.8. The van der Waals surface area contributed by atoms with Crippen molar-refractivity contribution in [1.29, 1.82) is 0 Å². The molecule has 2 heteroatoms. The van der Waals surface area contributed by atoms with Gasteiger partial charge in [0.15, 0.2) is 0 Å². The third-order valence-electron chi connectivity index (χ3n) is 10.9. The van der Waals surface area contributed by atoms with Crippen LogP contribution in [0, 0.1) is 6.92 Å². The minimum atomic E-state index is 0.795. The first-order chi connectivity index (χ1) is 29.5. The topological polar surface area (TPSA) is 8.17 Å². The first-order valence-corrected chi connectivity index (χ1v) is 20.9. The van der Waals surface area contributed by atoms with E-state index in [-0.39, 0.29) is 0 Å². The van der Waals surface area contributed by atoms with E-state index in [1.54, 1.807) is 0 Å². The summed E-state index contributed by atoms with van der Waals surface area (Å²) in [6.07, 6.45) is 34.7. The fraction of sp³-hybridized carbons (Fsp3) is 0.103. The quantitative estimate of drug-likeness (QED) is 0.0744. The minimum Gasteiger partial charge on any atom is -0.317 e. The molecule has 1 aromatic heterocycles. The minimum absolute atomic E-state index is 0.795. The Hall–Kier alpha value is -7.16. The fourth-order valence-electron chi connectivity index (χ4n) is 8.06. The Morgan fingerprint density at radius 2 is 1.42 bits per heavy atom. The molecule has 1 aliphatic rings. The largest absolute Gasteiger partial charge is 0.317 e. The molecule has 0 radical (unpaired) electrons. The van der Waals surface area contributed by atoms with Gasteiger partial charge >= 0.3 is 0 Å². The van der Waals surface area contributed by atoms with Crippen molar-refractivity contribution in [2.45, 2.75) is 40.0 Å². The van der Waals surface area contributed by atoms with Gasteiger partial charge in [0.05, 0.1) is 5.52 Å². The standard InChI is InChI=1S/C58H54N2/c1-6-10-34-52(25-8-3)59-44(5)55(37-11-7-2)58-56(38-24-39-57(58)59)48-33-23-36-53(41-48)60(51(9-4)35-22-28-45-26-16-12-13-17-27-45)54-42-49(46-29-18-14-19-30-46)40-50(43-54)47-31-20-15-21-32-47/h6-16,18-27,29-33,35-43H,2-3,17,28,34H2,1,4-5H3/b10-6-,35-22-,37-11-,51-9+,52-25+. The molecule has 0 N–H and O–H groups in total. The van der Waals surface area contributed by atoms with Gasteiger partial charge in [-0.05, 0) is 121 Å². The number of hydrogen-bond acceptors (Lipinski definition) is 1. The van der Waals surface area contributed by atoms with Crippen LogP contribution < -0.4 is 4.90 Å². The van der Waals surface area contributed by atoms with Gasteiger partial charge in [-0.2, -0.15) is 0 Å². The van der Waals surface area contributed by atoms with Crippen LogP contribution in [-0.2, 0) is 0 Å². The van der Waals surface area contributed by atoms with Crippen LogP contribution in [0.15, 0.2) is 231 Å². The lowest BCUT2D eigenvalue weighted by Gasteiger charge is -2.28. The molecule has 5 aromatic carbocycles. The van der Waals surface area contributed by atoms with E-state index >= 15 is 0 Å². The molecule has 1 aliphatic carbocycles. The van der Waals surface area contributed by atoms with E-state index in [0.29, 0.717) is 0 Å². The summed E-state index contributed by atoms with van der Waals surface area (Å²) in [5.74, 6) is 0. The van der Waals surface area contributed by atoms with Crippen LogP contribution in [0.4, 0.5) is 11.4 Å². The van der Waals surface area contributed by atoms with Crippen LogP contribution in [0.25, 0.3) is 56.1 Å². The molecular weight excluding hydrogens is 725 g/mol. The Kier molecular flexibility index (Phi) is 13.7. The number of anilines is 2. The van der Waals surface area contributed by atoms with Crippen molar-refractivity contribution in [2.24, 2.45) is 0 Å². The molecule has 1 heterocycles. The van der Waals surface area contributed by atoms with E-state index in [9.17, 15) is 0 Å². The van der Waals surface area contributed by atoms with Crippen LogP contribution in [0.1, 0.15) is 44.4 Å². The average Bonchev–Trinajstić information content (AvgIpc) is 3.40. The molecule has 0 unspecified atom stereocenters. The highest BCUT2D eigenvalue weighted by Gasteiger charge is 2.21. The summed E-state index contributed by atoms with van der Waals surface area (Å²) in [6, 6.07) is 44.0. The molecule has 60 heavy (non-hydrogen) atoms. The SMILES string of the molecule is C=C/C=C\c1c(C)n(/C(=C/C=C)C/C=C\C)c2cccc(-c3cccc(N(C(/C=C\CC4=CCC=CC=C4)=C/C)c4cc(-c5ccccc5)cc(-c5ccccc5)c4)c3)c12. The first kappa shape index (κ1) is 41.0.